The molecule has 140 valence electrons. The zero-order valence-corrected chi connectivity index (χ0v) is 15.8. The fraction of sp³-hybridized carbons (Fsp3) is 0.400. The fourth-order valence-electron chi connectivity index (χ4n) is 2.86. The van der Waals surface area contributed by atoms with Crippen molar-refractivity contribution in [1.29, 1.82) is 0 Å². The van der Waals surface area contributed by atoms with Gasteiger partial charge in [0.05, 0.1) is 35.6 Å². The monoisotopic (exact) mass is 373 g/mol. The molecule has 2 aromatic rings. The van der Waals surface area contributed by atoms with Crippen molar-refractivity contribution in [3.8, 4) is 5.75 Å². The summed E-state index contributed by atoms with van der Waals surface area (Å²) in [5, 5.41) is 3.36. The van der Waals surface area contributed by atoms with Gasteiger partial charge in [0.2, 0.25) is 0 Å². The maximum atomic E-state index is 6.02. The molecule has 2 aromatic carbocycles. The van der Waals surface area contributed by atoms with Crippen LogP contribution in [0.25, 0.3) is 0 Å². The predicted molar refractivity (Wildman–Crippen MR) is 108 cm³/mol. The number of para-hydroxylation sites is 1. The molecule has 6 heteroatoms. The SMILES string of the molecule is Nc1ccc(Sc2ccccc2OCCCCC2CNCCO2)cc1N. The van der Waals surface area contributed by atoms with Gasteiger partial charge in [0.15, 0.2) is 0 Å². The first-order chi connectivity index (χ1) is 12.7. The quantitative estimate of drug-likeness (QED) is 0.485. The number of ether oxygens (including phenoxy) is 2. The van der Waals surface area contributed by atoms with E-state index in [2.05, 4.69) is 11.4 Å². The molecule has 1 aliphatic rings. The first kappa shape index (κ1) is 18.9. The van der Waals surface area contributed by atoms with Crippen LogP contribution in [0.4, 0.5) is 11.4 Å². The van der Waals surface area contributed by atoms with Crippen LogP contribution in [0.15, 0.2) is 52.3 Å². The van der Waals surface area contributed by atoms with Crippen LogP contribution in [-0.2, 0) is 4.74 Å². The Morgan fingerprint density at radius 3 is 2.81 bits per heavy atom. The summed E-state index contributed by atoms with van der Waals surface area (Å²) in [6.45, 7) is 3.46. The minimum absolute atomic E-state index is 0.350. The zero-order chi connectivity index (χ0) is 18.2. The van der Waals surface area contributed by atoms with Gasteiger partial charge in [0.25, 0.3) is 0 Å². The number of nitrogen functional groups attached to an aromatic ring is 2. The third kappa shape index (κ3) is 5.56. The molecule has 1 saturated heterocycles. The Balaban J connectivity index is 1.48. The summed E-state index contributed by atoms with van der Waals surface area (Å²) in [5.74, 6) is 0.906. The van der Waals surface area contributed by atoms with E-state index < -0.39 is 0 Å². The van der Waals surface area contributed by atoms with Crippen LogP contribution in [0.1, 0.15) is 19.3 Å². The molecule has 0 aliphatic carbocycles. The van der Waals surface area contributed by atoms with Crippen LogP contribution in [0.2, 0.25) is 0 Å². The number of anilines is 2. The van der Waals surface area contributed by atoms with Crippen molar-refractivity contribution in [3.63, 3.8) is 0 Å². The van der Waals surface area contributed by atoms with Gasteiger partial charge in [-0.1, -0.05) is 23.9 Å². The highest BCUT2D eigenvalue weighted by molar-refractivity contribution is 7.99. The summed E-state index contributed by atoms with van der Waals surface area (Å²) in [4.78, 5) is 2.13. The number of nitrogens with two attached hydrogens (primary N) is 2. The minimum atomic E-state index is 0.350. The summed E-state index contributed by atoms with van der Waals surface area (Å²) in [5.41, 5.74) is 12.9. The first-order valence-corrected chi connectivity index (χ1v) is 9.91. The fourth-order valence-corrected chi connectivity index (χ4v) is 3.81. The van der Waals surface area contributed by atoms with Gasteiger partial charge in [-0.3, -0.25) is 0 Å². The number of hydrogen-bond donors (Lipinski definition) is 3. The van der Waals surface area contributed by atoms with Crippen molar-refractivity contribution in [2.24, 2.45) is 0 Å². The van der Waals surface area contributed by atoms with E-state index in [1.54, 1.807) is 11.8 Å². The average Bonchev–Trinajstić information content (AvgIpc) is 2.66. The van der Waals surface area contributed by atoms with Crippen LogP contribution < -0.4 is 21.5 Å². The van der Waals surface area contributed by atoms with E-state index >= 15 is 0 Å². The average molecular weight is 374 g/mol. The van der Waals surface area contributed by atoms with E-state index in [0.717, 1.165) is 54.5 Å². The van der Waals surface area contributed by atoms with Gasteiger partial charge in [-0.15, -0.1) is 0 Å². The maximum absolute atomic E-state index is 6.02. The molecule has 0 radical (unpaired) electrons. The molecule has 3 rings (SSSR count). The Hall–Kier alpha value is -1.89. The molecule has 0 saturated carbocycles. The number of hydrogen-bond acceptors (Lipinski definition) is 6. The topological polar surface area (TPSA) is 82.5 Å². The number of nitrogens with one attached hydrogen (secondary N) is 1. The third-order valence-corrected chi connectivity index (χ3v) is 5.36. The van der Waals surface area contributed by atoms with Crippen molar-refractivity contribution in [1.82, 2.24) is 5.32 Å². The van der Waals surface area contributed by atoms with E-state index in [0.29, 0.717) is 24.1 Å². The zero-order valence-electron chi connectivity index (χ0n) is 14.9. The Bertz CT molecular complexity index is 705. The highest BCUT2D eigenvalue weighted by Crippen LogP contribution is 2.36. The van der Waals surface area contributed by atoms with Crippen molar-refractivity contribution < 1.29 is 9.47 Å². The Morgan fingerprint density at radius 1 is 1.12 bits per heavy atom. The number of unbranched alkanes of at least 4 members (excludes halogenated alkanes) is 1. The van der Waals surface area contributed by atoms with Gasteiger partial charge in [-0.2, -0.15) is 0 Å². The van der Waals surface area contributed by atoms with Gasteiger partial charge in [-0.25, -0.2) is 0 Å². The molecule has 0 aromatic heterocycles. The Labute approximate surface area is 159 Å². The smallest absolute Gasteiger partial charge is 0.133 e. The van der Waals surface area contributed by atoms with Crippen LogP contribution >= 0.6 is 11.8 Å². The van der Waals surface area contributed by atoms with Gasteiger partial charge in [0.1, 0.15) is 5.75 Å². The molecule has 5 nitrogen and oxygen atoms in total. The number of morpholine rings is 1. The second-order valence-electron chi connectivity index (χ2n) is 6.38. The van der Waals surface area contributed by atoms with Gasteiger partial charge >= 0.3 is 0 Å². The molecule has 1 aliphatic heterocycles. The van der Waals surface area contributed by atoms with Crippen molar-refractivity contribution in [3.05, 3.63) is 42.5 Å². The molecular formula is C20H27N3O2S. The molecule has 0 bridgehead atoms. The highest BCUT2D eigenvalue weighted by Gasteiger charge is 2.12. The van der Waals surface area contributed by atoms with Gasteiger partial charge in [0, 0.05) is 18.0 Å². The van der Waals surface area contributed by atoms with E-state index in [9.17, 15) is 0 Å². The van der Waals surface area contributed by atoms with Crippen LogP contribution in [0.5, 0.6) is 5.75 Å². The second kappa shape index (κ2) is 9.71. The summed E-state index contributed by atoms with van der Waals surface area (Å²) in [7, 11) is 0. The molecule has 1 unspecified atom stereocenters. The molecule has 1 fully saturated rings. The summed E-state index contributed by atoms with van der Waals surface area (Å²) >= 11 is 1.63. The number of rotatable bonds is 8. The maximum Gasteiger partial charge on any atom is 0.133 e. The van der Waals surface area contributed by atoms with E-state index in [4.69, 9.17) is 20.9 Å². The summed E-state index contributed by atoms with van der Waals surface area (Å²) in [6, 6.07) is 13.8. The largest absolute Gasteiger partial charge is 0.492 e. The molecule has 0 spiro atoms. The first-order valence-electron chi connectivity index (χ1n) is 9.09. The normalized spacial score (nSPS) is 17.2. The molecular weight excluding hydrogens is 346 g/mol. The third-order valence-electron chi connectivity index (χ3n) is 4.32. The lowest BCUT2D eigenvalue weighted by Crippen LogP contribution is -2.38. The Morgan fingerprint density at radius 2 is 2.00 bits per heavy atom. The second-order valence-corrected chi connectivity index (χ2v) is 7.50. The molecule has 26 heavy (non-hydrogen) atoms. The van der Waals surface area contributed by atoms with Crippen molar-refractivity contribution >= 4 is 23.1 Å². The van der Waals surface area contributed by atoms with Crippen LogP contribution in [0, 0.1) is 0 Å². The lowest BCUT2D eigenvalue weighted by molar-refractivity contribution is 0.0216. The van der Waals surface area contributed by atoms with E-state index in [1.165, 1.54) is 0 Å². The highest BCUT2D eigenvalue weighted by atomic mass is 32.2. The molecule has 5 N–H and O–H groups in total. The van der Waals surface area contributed by atoms with Crippen LogP contribution in [-0.4, -0.2) is 32.4 Å². The molecule has 1 atom stereocenters. The Kier molecular flexibility index (Phi) is 7.05. The summed E-state index contributed by atoms with van der Waals surface area (Å²) < 4.78 is 11.7. The van der Waals surface area contributed by atoms with E-state index in [1.807, 2.05) is 36.4 Å². The van der Waals surface area contributed by atoms with Crippen molar-refractivity contribution in [2.75, 3.05) is 37.8 Å². The standard InChI is InChI=1S/C20H27N3O2S/c21-17-9-8-16(13-18(17)22)26-20-7-2-1-6-19(20)25-11-4-3-5-15-14-23-10-12-24-15/h1-2,6-9,13,15,23H,3-5,10-12,14,21-22H2. The number of benzene rings is 2. The predicted octanol–water partition coefficient (Wildman–Crippen LogP) is 3.54. The molecule has 0 amide bonds. The molecule has 1 heterocycles. The minimum Gasteiger partial charge on any atom is -0.492 e. The van der Waals surface area contributed by atoms with Gasteiger partial charge < -0.3 is 26.3 Å². The van der Waals surface area contributed by atoms with E-state index in [-0.39, 0.29) is 0 Å². The lowest BCUT2D eigenvalue weighted by atomic mass is 10.1. The lowest BCUT2D eigenvalue weighted by Gasteiger charge is -2.23. The van der Waals surface area contributed by atoms with Gasteiger partial charge in [-0.05, 0) is 49.6 Å². The van der Waals surface area contributed by atoms with Crippen molar-refractivity contribution in [2.45, 2.75) is 35.2 Å². The summed E-state index contributed by atoms with van der Waals surface area (Å²) in [6.07, 6.45) is 3.56. The van der Waals surface area contributed by atoms with Crippen LogP contribution in [0.3, 0.4) is 0 Å².